The SMILES string of the molecule is Cl.Fc1ccc([C@H]2CCCCN2)c(Br)c1. The summed E-state index contributed by atoms with van der Waals surface area (Å²) in [5.41, 5.74) is 1.17. The molecule has 1 heterocycles. The van der Waals surface area contributed by atoms with Crippen molar-refractivity contribution in [2.45, 2.75) is 25.3 Å². The number of halogens is 3. The van der Waals surface area contributed by atoms with Crippen LogP contribution in [0.15, 0.2) is 22.7 Å². The van der Waals surface area contributed by atoms with Crippen LogP contribution in [-0.2, 0) is 0 Å². The summed E-state index contributed by atoms with van der Waals surface area (Å²) in [6, 6.07) is 5.31. The molecule has 1 N–H and O–H groups in total. The summed E-state index contributed by atoms with van der Waals surface area (Å²) in [4.78, 5) is 0. The molecule has 1 saturated heterocycles. The minimum Gasteiger partial charge on any atom is -0.310 e. The van der Waals surface area contributed by atoms with Crippen LogP contribution >= 0.6 is 28.3 Å². The van der Waals surface area contributed by atoms with Gasteiger partial charge < -0.3 is 5.32 Å². The van der Waals surface area contributed by atoms with Crippen LogP contribution in [0.4, 0.5) is 4.39 Å². The predicted molar refractivity (Wildman–Crippen MR) is 65.9 cm³/mol. The Morgan fingerprint density at radius 2 is 2.13 bits per heavy atom. The maximum atomic E-state index is 12.9. The van der Waals surface area contributed by atoms with Crippen molar-refractivity contribution < 1.29 is 4.39 Å². The Morgan fingerprint density at radius 3 is 2.73 bits per heavy atom. The van der Waals surface area contributed by atoms with Gasteiger partial charge in [-0.15, -0.1) is 12.4 Å². The standard InChI is InChI=1S/C11H13BrFN.ClH/c12-10-7-8(13)4-5-9(10)11-3-1-2-6-14-11;/h4-5,7,11,14H,1-3,6H2;1H/t11-;/m1./s1. The van der Waals surface area contributed by atoms with E-state index >= 15 is 0 Å². The summed E-state index contributed by atoms with van der Waals surface area (Å²) in [6.45, 7) is 1.06. The first-order valence-electron chi connectivity index (χ1n) is 4.96. The number of piperidine rings is 1. The fourth-order valence-electron chi connectivity index (χ4n) is 1.90. The predicted octanol–water partition coefficient (Wildman–Crippen LogP) is 3.82. The Labute approximate surface area is 104 Å². The van der Waals surface area contributed by atoms with Gasteiger partial charge in [-0.25, -0.2) is 4.39 Å². The third-order valence-corrected chi connectivity index (χ3v) is 3.33. The van der Waals surface area contributed by atoms with Crippen LogP contribution < -0.4 is 5.32 Å². The molecule has 84 valence electrons. The first-order valence-corrected chi connectivity index (χ1v) is 5.75. The van der Waals surface area contributed by atoms with Crippen LogP contribution in [0.5, 0.6) is 0 Å². The van der Waals surface area contributed by atoms with Crippen molar-refractivity contribution in [3.8, 4) is 0 Å². The van der Waals surface area contributed by atoms with Crippen molar-refractivity contribution in [1.29, 1.82) is 0 Å². The highest BCUT2D eigenvalue weighted by atomic mass is 79.9. The fraction of sp³-hybridized carbons (Fsp3) is 0.455. The molecule has 1 nitrogen and oxygen atoms in total. The molecule has 15 heavy (non-hydrogen) atoms. The Balaban J connectivity index is 0.00000112. The monoisotopic (exact) mass is 293 g/mol. The van der Waals surface area contributed by atoms with E-state index < -0.39 is 0 Å². The zero-order chi connectivity index (χ0) is 9.97. The lowest BCUT2D eigenvalue weighted by molar-refractivity contribution is 0.411. The molecule has 0 amide bonds. The third-order valence-electron chi connectivity index (χ3n) is 2.65. The zero-order valence-corrected chi connectivity index (χ0v) is 10.7. The number of nitrogens with one attached hydrogen (secondary N) is 1. The molecule has 1 aliphatic rings. The normalized spacial score (nSPS) is 20.8. The minimum atomic E-state index is -0.184. The van der Waals surface area contributed by atoms with Crippen molar-refractivity contribution in [3.63, 3.8) is 0 Å². The second-order valence-electron chi connectivity index (χ2n) is 3.67. The van der Waals surface area contributed by atoms with Gasteiger partial charge in [0.25, 0.3) is 0 Å². The van der Waals surface area contributed by atoms with Crippen LogP contribution in [0.3, 0.4) is 0 Å². The minimum absolute atomic E-state index is 0. The zero-order valence-electron chi connectivity index (χ0n) is 8.30. The topological polar surface area (TPSA) is 12.0 Å². The van der Waals surface area contributed by atoms with Gasteiger partial charge in [0.1, 0.15) is 5.82 Å². The van der Waals surface area contributed by atoms with E-state index in [9.17, 15) is 4.39 Å². The molecule has 1 aromatic carbocycles. The highest BCUT2D eigenvalue weighted by Gasteiger charge is 2.16. The van der Waals surface area contributed by atoms with Crippen molar-refractivity contribution in [2.24, 2.45) is 0 Å². The quantitative estimate of drug-likeness (QED) is 0.830. The van der Waals surface area contributed by atoms with Crippen molar-refractivity contribution in [2.75, 3.05) is 6.54 Å². The molecule has 0 unspecified atom stereocenters. The van der Waals surface area contributed by atoms with Gasteiger partial charge in [-0.1, -0.05) is 28.4 Å². The van der Waals surface area contributed by atoms with E-state index in [2.05, 4.69) is 21.2 Å². The molecular formula is C11H14BrClFN. The van der Waals surface area contributed by atoms with E-state index in [1.165, 1.54) is 30.5 Å². The number of rotatable bonds is 1. The van der Waals surface area contributed by atoms with Crippen molar-refractivity contribution in [1.82, 2.24) is 5.32 Å². The van der Waals surface area contributed by atoms with Gasteiger partial charge >= 0.3 is 0 Å². The average molecular weight is 295 g/mol. The van der Waals surface area contributed by atoms with E-state index in [0.717, 1.165) is 17.4 Å². The number of benzene rings is 1. The Hall–Kier alpha value is -0.120. The molecule has 0 aromatic heterocycles. The molecule has 0 radical (unpaired) electrons. The number of hydrogen-bond donors (Lipinski definition) is 1. The first-order chi connectivity index (χ1) is 6.77. The van der Waals surface area contributed by atoms with E-state index in [-0.39, 0.29) is 18.2 Å². The van der Waals surface area contributed by atoms with E-state index in [0.29, 0.717) is 6.04 Å². The molecule has 0 bridgehead atoms. The molecule has 2 rings (SSSR count). The molecule has 1 fully saturated rings. The molecule has 1 aromatic rings. The molecule has 1 atom stereocenters. The summed E-state index contributed by atoms with van der Waals surface area (Å²) in [5.74, 6) is -0.184. The van der Waals surface area contributed by atoms with Gasteiger partial charge in [-0.2, -0.15) is 0 Å². The van der Waals surface area contributed by atoms with E-state index in [4.69, 9.17) is 0 Å². The number of hydrogen-bond acceptors (Lipinski definition) is 1. The highest BCUT2D eigenvalue weighted by molar-refractivity contribution is 9.10. The van der Waals surface area contributed by atoms with E-state index in [1.807, 2.05) is 6.07 Å². The van der Waals surface area contributed by atoms with Gasteiger partial charge in [0, 0.05) is 10.5 Å². The van der Waals surface area contributed by atoms with Crippen LogP contribution in [0.25, 0.3) is 0 Å². The molecular weight excluding hydrogens is 280 g/mol. The maximum Gasteiger partial charge on any atom is 0.124 e. The van der Waals surface area contributed by atoms with Crippen LogP contribution in [-0.4, -0.2) is 6.54 Å². The third kappa shape index (κ3) is 3.16. The summed E-state index contributed by atoms with van der Waals surface area (Å²) < 4.78 is 13.7. The second-order valence-corrected chi connectivity index (χ2v) is 4.52. The van der Waals surface area contributed by atoms with Crippen molar-refractivity contribution in [3.05, 3.63) is 34.1 Å². The van der Waals surface area contributed by atoms with Gasteiger partial charge in [0.05, 0.1) is 0 Å². The summed E-state index contributed by atoms with van der Waals surface area (Å²) in [5, 5.41) is 3.44. The second kappa shape index (κ2) is 5.83. The van der Waals surface area contributed by atoms with Crippen LogP contribution in [0, 0.1) is 5.82 Å². The van der Waals surface area contributed by atoms with E-state index in [1.54, 1.807) is 0 Å². The molecule has 0 aliphatic carbocycles. The van der Waals surface area contributed by atoms with Crippen LogP contribution in [0.1, 0.15) is 30.9 Å². The summed E-state index contributed by atoms with van der Waals surface area (Å²) in [6.07, 6.45) is 3.64. The Kier molecular flexibility index (Phi) is 5.03. The molecule has 4 heteroatoms. The van der Waals surface area contributed by atoms with Crippen molar-refractivity contribution >= 4 is 28.3 Å². The van der Waals surface area contributed by atoms with Gasteiger partial charge in [0.15, 0.2) is 0 Å². The highest BCUT2D eigenvalue weighted by Crippen LogP contribution is 2.29. The largest absolute Gasteiger partial charge is 0.310 e. The average Bonchev–Trinajstić information content (AvgIpc) is 2.19. The summed E-state index contributed by atoms with van der Waals surface area (Å²) in [7, 11) is 0. The summed E-state index contributed by atoms with van der Waals surface area (Å²) >= 11 is 3.40. The first kappa shape index (κ1) is 12.9. The molecule has 0 spiro atoms. The fourth-order valence-corrected chi connectivity index (χ4v) is 2.53. The Bertz CT molecular complexity index is 326. The molecule has 1 aliphatic heterocycles. The lowest BCUT2D eigenvalue weighted by atomic mass is 9.98. The maximum absolute atomic E-state index is 12.9. The molecule has 0 saturated carbocycles. The van der Waals surface area contributed by atoms with Gasteiger partial charge in [-0.3, -0.25) is 0 Å². The smallest absolute Gasteiger partial charge is 0.124 e. The lowest BCUT2D eigenvalue weighted by Crippen LogP contribution is -2.27. The lowest BCUT2D eigenvalue weighted by Gasteiger charge is -2.24. The van der Waals surface area contributed by atoms with Crippen LogP contribution in [0.2, 0.25) is 0 Å². The van der Waals surface area contributed by atoms with Gasteiger partial charge in [-0.05, 0) is 37.1 Å². The van der Waals surface area contributed by atoms with Gasteiger partial charge in [0.2, 0.25) is 0 Å². The Morgan fingerprint density at radius 1 is 1.33 bits per heavy atom.